The van der Waals surface area contributed by atoms with Crippen LogP contribution in [0.25, 0.3) is 22.2 Å². The molecule has 4 rings (SSSR count). The number of hydrogen-bond acceptors (Lipinski definition) is 1. The van der Waals surface area contributed by atoms with Crippen molar-refractivity contribution in [1.29, 1.82) is 0 Å². The van der Waals surface area contributed by atoms with E-state index in [1.807, 2.05) is 36.4 Å². The maximum Gasteiger partial charge on any atom is 0.127 e. The van der Waals surface area contributed by atoms with E-state index >= 15 is 0 Å². The summed E-state index contributed by atoms with van der Waals surface area (Å²) in [6, 6.07) is 24.3. The predicted octanol–water partition coefficient (Wildman–Crippen LogP) is 7.15. The number of aromatic nitrogens is 1. The molecule has 0 spiro atoms. The molecular weight excluding hydrogens is 430 g/mol. The molecule has 4 heteroatoms. The Morgan fingerprint density at radius 1 is 0.667 bits per heavy atom. The van der Waals surface area contributed by atoms with Gasteiger partial charge < -0.3 is 9.72 Å². The molecule has 4 aromatic rings. The van der Waals surface area contributed by atoms with Gasteiger partial charge in [-0.1, -0.05) is 37.9 Å². The van der Waals surface area contributed by atoms with E-state index in [0.29, 0.717) is 0 Å². The molecule has 0 aliphatic carbocycles. The van der Waals surface area contributed by atoms with Gasteiger partial charge in [0.25, 0.3) is 0 Å². The fourth-order valence-corrected chi connectivity index (χ4v) is 3.22. The van der Waals surface area contributed by atoms with Crippen molar-refractivity contribution >= 4 is 42.8 Å². The number of fused-ring (bicyclic) bond motifs is 1. The normalized spacial score (nSPS) is 10.9. The van der Waals surface area contributed by atoms with Crippen LogP contribution < -0.4 is 4.74 Å². The summed E-state index contributed by atoms with van der Waals surface area (Å²) < 4.78 is 7.97. The van der Waals surface area contributed by atoms with E-state index in [9.17, 15) is 0 Å². The second kappa shape index (κ2) is 6.46. The van der Waals surface area contributed by atoms with Gasteiger partial charge >= 0.3 is 0 Å². The number of halogens is 2. The quantitative estimate of drug-likeness (QED) is 0.358. The van der Waals surface area contributed by atoms with Gasteiger partial charge in [-0.05, 0) is 72.3 Å². The van der Waals surface area contributed by atoms with Gasteiger partial charge in [0.15, 0.2) is 0 Å². The summed E-state index contributed by atoms with van der Waals surface area (Å²) in [7, 11) is 0. The van der Waals surface area contributed by atoms with Gasteiger partial charge in [-0.15, -0.1) is 0 Å². The topological polar surface area (TPSA) is 25.0 Å². The molecule has 1 N–H and O–H groups in total. The van der Waals surface area contributed by atoms with E-state index in [2.05, 4.69) is 73.2 Å². The van der Waals surface area contributed by atoms with Crippen molar-refractivity contribution in [3.05, 3.63) is 81.7 Å². The van der Waals surface area contributed by atoms with Crippen LogP contribution in [0.3, 0.4) is 0 Å². The summed E-state index contributed by atoms with van der Waals surface area (Å²) in [5, 5.41) is 1.20. The highest BCUT2D eigenvalue weighted by molar-refractivity contribution is 9.10. The molecule has 0 unspecified atom stereocenters. The van der Waals surface area contributed by atoms with Crippen molar-refractivity contribution in [2.45, 2.75) is 0 Å². The van der Waals surface area contributed by atoms with E-state index in [4.69, 9.17) is 4.74 Å². The van der Waals surface area contributed by atoms with Crippen molar-refractivity contribution < 1.29 is 4.74 Å². The van der Waals surface area contributed by atoms with Crippen LogP contribution in [-0.2, 0) is 0 Å². The zero-order valence-corrected chi connectivity index (χ0v) is 15.8. The number of rotatable bonds is 3. The molecule has 118 valence electrons. The highest BCUT2D eigenvalue weighted by Crippen LogP contribution is 2.29. The van der Waals surface area contributed by atoms with Gasteiger partial charge in [-0.3, -0.25) is 0 Å². The van der Waals surface area contributed by atoms with E-state index < -0.39 is 0 Å². The zero-order chi connectivity index (χ0) is 16.5. The van der Waals surface area contributed by atoms with Crippen LogP contribution in [-0.4, -0.2) is 4.98 Å². The van der Waals surface area contributed by atoms with Gasteiger partial charge in [-0.2, -0.15) is 0 Å². The van der Waals surface area contributed by atoms with Crippen molar-refractivity contribution in [2.75, 3.05) is 0 Å². The summed E-state index contributed by atoms with van der Waals surface area (Å²) >= 11 is 6.93. The minimum Gasteiger partial charge on any atom is -0.457 e. The lowest BCUT2D eigenvalue weighted by atomic mass is 10.1. The molecule has 0 bridgehead atoms. The van der Waals surface area contributed by atoms with Crippen molar-refractivity contribution in [2.24, 2.45) is 0 Å². The molecule has 1 aromatic heterocycles. The Bertz CT molecular complexity index is 989. The lowest BCUT2D eigenvalue weighted by Crippen LogP contribution is -1.84. The minimum atomic E-state index is 0.819. The van der Waals surface area contributed by atoms with Crippen molar-refractivity contribution in [1.82, 2.24) is 4.98 Å². The molecule has 3 aromatic carbocycles. The largest absolute Gasteiger partial charge is 0.457 e. The van der Waals surface area contributed by atoms with Crippen LogP contribution >= 0.6 is 31.9 Å². The average Bonchev–Trinajstić information content (AvgIpc) is 3.01. The van der Waals surface area contributed by atoms with E-state index in [1.54, 1.807) is 0 Å². The summed E-state index contributed by atoms with van der Waals surface area (Å²) in [6.07, 6.45) is 0. The van der Waals surface area contributed by atoms with Gasteiger partial charge in [0.2, 0.25) is 0 Å². The summed E-state index contributed by atoms with van der Waals surface area (Å²) in [6.45, 7) is 0. The first kappa shape index (κ1) is 15.5. The van der Waals surface area contributed by atoms with Crippen LogP contribution in [0.2, 0.25) is 0 Å². The lowest BCUT2D eigenvalue weighted by Gasteiger charge is -2.06. The summed E-state index contributed by atoms with van der Waals surface area (Å²) in [5.41, 5.74) is 3.35. The molecule has 0 aliphatic rings. The molecule has 1 heterocycles. The molecule has 0 saturated heterocycles. The smallest absolute Gasteiger partial charge is 0.127 e. The Kier molecular flexibility index (Phi) is 4.17. The first-order valence-electron chi connectivity index (χ1n) is 7.49. The van der Waals surface area contributed by atoms with Crippen molar-refractivity contribution in [3.63, 3.8) is 0 Å². The minimum absolute atomic E-state index is 0.819. The SMILES string of the molecule is Brc1ccc(Oc2ccc(-c3cc4ccc(Br)cc4[nH]3)cc2)cc1. The third kappa shape index (κ3) is 3.25. The summed E-state index contributed by atoms with van der Waals surface area (Å²) in [5.74, 6) is 1.64. The summed E-state index contributed by atoms with van der Waals surface area (Å²) in [4.78, 5) is 3.45. The molecule has 0 saturated carbocycles. The maximum absolute atomic E-state index is 5.86. The molecular formula is C20H13Br2NO. The van der Waals surface area contributed by atoms with Crippen LogP contribution in [0.15, 0.2) is 81.7 Å². The van der Waals surface area contributed by atoms with Crippen LogP contribution in [0.1, 0.15) is 0 Å². The Hall–Kier alpha value is -2.04. The standard InChI is InChI=1S/C20H13Br2NO/c21-15-5-9-18(10-6-15)24-17-7-2-13(3-8-17)19-11-14-1-4-16(22)12-20(14)23-19/h1-12,23H. The zero-order valence-electron chi connectivity index (χ0n) is 12.6. The predicted molar refractivity (Wildman–Crippen MR) is 106 cm³/mol. The molecule has 0 atom stereocenters. The van der Waals surface area contributed by atoms with Gasteiger partial charge in [0.1, 0.15) is 11.5 Å². The van der Waals surface area contributed by atoms with Crippen LogP contribution in [0, 0.1) is 0 Å². The van der Waals surface area contributed by atoms with Crippen molar-refractivity contribution in [3.8, 4) is 22.8 Å². The number of nitrogens with one attached hydrogen (secondary N) is 1. The molecule has 24 heavy (non-hydrogen) atoms. The number of aromatic amines is 1. The number of hydrogen-bond donors (Lipinski definition) is 1. The number of H-pyrrole nitrogens is 1. The fourth-order valence-electron chi connectivity index (χ4n) is 2.60. The van der Waals surface area contributed by atoms with E-state index in [1.165, 1.54) is 5.39 Å². The Balaban J connectivity index is 1.59. The second-order valence-corrected chi connectivity index (χ2v) is 7.33. The monoisotopic (exact) mass is 441 g/mol. The second-order valence-electron chi connectivity index (χ2n) is 5.49. The Morgan fingerprint density at radius 2 is 1.29 bits per heavy atom. The number of benzene rings is 3. The number of ether oxygens (including phenoxy) is 1. The fraction of sp³-hybridized carbons (Fsp3) is 0. The van der Waals surface area contributed by atoms with Gasteiger partial charge in [0.05, 0.1) is 0 Å². The first-order chi connectivity index (χ1) is 11.7. The van der Waals surface area contributed by atoms with Crippen LogP contribution in [0.4, 0.5) is 0 Å². The Morgan fingerprint density at radius 3 is 2.00 bits per heavy atom. The molecule has 0 aliphatic heterocycles. The van der Waals surface area contributed by atoms with Gasteiger partial charge in [-0.25, -0.2) is 0 Å². The average molecular weight is 443 g/mol. The van der Waals surface area contributed by atoms with Crippen LogP contribution in [0.5, 0.6) is 11.5 Å². The highest BCUT2D eigenvalue weighted by Gasteiger charge is 2.05. The van der Waals surface area contributed by atoms with E-state index in [-0.39, 0.29) is 0 Å². The third-order valence-electron chi connectivity index (χ3n) is 3.80. The maximum atomic E-state index is 5.86. The molecule has 0 amide bonds. The highest BCUT2D eigenvalue weighted by atomic mass is 79.9. The van der Waals surface area contributed by atoms with Gasteiger partial charge in [0, 0.05) is 25.5 Å². The first-order valence-corrected chi connectivity index (χ1v) is 9.08. The molecule has 0 fully saturated rings. The van der Waals surface area contributed by atoms with E-state index in [0.717, 1.165) is 37.2 Å². The molecule has 0 radical (unpaired) electrons. The third-order valence-corrected chi connectivity index (χ3v) is 4.82. The molecule has 2 nitrogen and oxygen atoms in total. The Labute approximate surface area is 156 Å². The lowest BCUT2D eigenvalue weighted by molar-refractivity contribution is 0.482.